The van der Waals surface area contributed by atoms with Crippen molar-refractivity contribution in [1.29, 1.82) is 0 Å². The molecule has 0 unspecified atom stereocenters. The number of benzene rings is 1. The summed E-state index contributed by atoms with van der Waals surface area (Å²) in [7, 11) is 0. The van der Waals surface area contributed by atoms with E-state index in [1.54, 1.807) is 18.5 Å². The monoisotopic (exact) mass is 246 g/mol. The zero-order valence-electron chi connectivity index (χ0n) is 9.74. The summed E-state index contributed by atoms with van der Waals surface area (Å²) in [6.07, 6.45) is 6.85. The first kappa shape index (κ1) is 11.1. The molecular formula is C14H12F2N2. The number of rotatable bonds is 3. The molecule has 1 aromatic heterocycles. The van der Waals surface area contributed by atoms with Crippen LogP contribution in [-0.4, -0.2) is 9.78 Å². The Morgan fingerprint density at radius 1 is 1.28 bits per heavy atom. The molecule has 2 aromatic rings. The van der Waals surface area contributed by atoms with E-state index in [0.717, 1.165) is 12.8 Å². The third-order valence-electron chi connectivity index (χ3n) is 3.17. The van der Waals surface area contributed by atoms with Crippen LogP contribution in [-0.2, 0) is 0 Å². The van der Waals surface area contributed by atoms with Crippen LogP contribution in [0.25, 0.3) is 17.2 Å². The van der Waals surface area contributed by atoms with E-state index < -0.39 is 11.6 Å². The fourth-order valence-corrected chi connectivity index (χ4v) is 1.96. The summed E-state index contributed by atoms with van der Waals surface area (Å²) in [4.78, 5) is 0. The van der Waals surface area contributed by atoms with Crippen LogP contribution in [0.3, 0.4) is 0 Å². The number of aromatic nitrogens is 2. The van der Waals surface area contributed by atoms with Gasteiger partial charge in [-0.2, -0.15) is 5.10 Å². The van der Waals surface area contributed by atoms with Crippen molar-refractivity contribution in [3.63, 3.8) is 0 Å². The molecule has 92 valence electrons. The van der Waals surface area contributed by atoms with Crippen molar-refractivity contribution in [2.75, 3.05) is 0 Å². The fraction of sp³-hybridized carbons (Fsp3) is 0.214. The van der Waals surface area contributed by atoms with Crippen molar-refractivity contribution in [1.82, 2.24) is 9.78 Å². The fourth-order valence-electron chi connectivity index (χ4n) is 1.96. The summed E-state index contributed by atoms with van der Waals surface area (Å²) in [5.41, 5.74) is 1.02. The molecule has 0 radical (unpaired) electrons. The minimum Gasteiger partial charge on any atom is -0.269 e. The van der Waals surface area contributed by atoms with Crippen molar-refractivity contribution < 1.29 is 8.78 Å². The van der Waals surface area contributed by atoms with Gasteiger partial charge in [-0.05, 0) is 12.8 Å². The molecule has 0 spiro atoms. The molecule has 1 aliphatic carbocycles. The first-order valence-electron chi connectivity index (χ1n) is 5.85. The van der Waals surface area contributed by atoms with E-state index in [0.29, 0.717) is 11.6 Å². The van der Waals surface area contributed by atoms with E-state index in [1.807, 2.05) is 4.68 Å². The maximum absolute atomic E-state index is 13.9. The molecule has 4 heteroatoms. The Hall–Kier alpha value is -1.97. The zero-order chi connectivity index (χ0) is 12.7. The smallest absolute Gasteiger partial charge is 0.167 e. The average molecular weight is 246 g/mol. The van der Waals surface area contributed by atoms with Crippen molar-refractivity contribution in [3.05, 3.63) is 48.3 Å². The Morgan fingerprint density at radius 2 is 2.06 bits per heavy atom. The first-order valence-corrected chi connectivity index (χ1v) is 5.85. The standard InChI is InChI=1S/C14H12F2N2/c1-2-9-3-6-12(14(16)13(9)15)10-7-17-18(8-10)11-4-5-11/h2-3,6-8,11H,1,4-5H2. The van der Waals surface area contributed by atoms with Crippen LogP contribution < -0.4 is 0 Å². The second-order valence-electron chi connectivity index (χ2n) is 4.47. The molecule has 18 heavy (non-hydrogen) atoms. The van der Waals surface area contributed by atoms with E-state index in [-0.39, 0.29) is 11.1 Å². The lowest BCUT2D eigenvalue weighted by Crippen LogP contribution is -1.93. The highest BCUT2D eigenvalue weighted by molar-refractivity contribution is 5.65. The van der Waals surface area contributed by atoms with Crippen LogP contribution >= 0.6 is 0 Å². The molecule has 0 atom stereocenters. The van der Waals surface area contributed by atoms with Crippen LogP contribution in [0.15, 0.2) is 31.1 Å². The molecular weight excluding hydrogens is 234 g/mol. The lowest BCUT2D eigenvalue weighted by atomic mass is 10.1. The second-order valence-corrected chi connectivity index (χ2v) is 4.47. The van der Waals surface area contributed by atoms with E-state index >= 15 is 0 Å². The maximum Gasteiger partial charge on any atom is 0.167 e. The van der Waals surface area contributed by atoms with Gasteiger partial charge in [0.25, 0.3) is 0 Å². The van der Waals surface area contributed by atoms with E-state index in [2.05, 4.69) is 11.7 Å². The highest BCUT2D eigenvalue weighted by atomic mass is 19.2. The van der Waals surface area contributed by atoms with E-state index in [1.165, 1.54) is 12.1 Å². The normalized spacial score (nSPS) is 14.8. The third-order valence-corrected chi connectivity index (χ3v) is 3.17. The Balaban J connectivity index is 2.04. The van der Waals surface area contributed by atoms with Gasteiger partial charge in [0.05, 0.1) is 12.2 Å². The predicted molar refractivity (Wildman–Crippen MR) is 65.9 cm³/mol. The van der Waals surface area contributed by atoms with Gasteiger partial charge in [-0.1, -0.05) is 24.8 Å². The molecule has 1 aromatic carbocycles. The van der Waals surface area contributed by atoms with Gasteiger partial charge < -0.3 is 0 Å². The molecule has 0 bridgehead atoms. The Bertz CT molecular complexity index is 612. The summed E-state index contributed by atoms with van der Waals surface area (Å²) >= 11 is 0. The molecule has 0 N–H and O–H groups in total. The number of nitrogens with zero attached hydrogens (tertiary/aromatic N) is 2. The Kier molecular flexibility index (Phi) is 2.51. The van der Waals surface area contributed by atoms with Crippen molar-refractivity contribution in [2.24, 2.45) is 0 Å². The van der Waals surface area contributed by atoms with Gasteiger partial charge >= 0.3 is 0 Å². The number of halogens is 2. The van der Waals surface area contributed by atoms with Crippen LogP contribution in [0.5, 0.6) is 0 Å². The average Bonchev–Trinajstić information content (AvgIpc) is 3.12. The topological polar surface area (TPSA) is 17.8 Å². The quantitative estimate of drug-likeness (QED) is 0.805. The van der Waals surface area contributed by atoms with Crippen LogP contribution in [0.4, 0.5) is 8.78 Å². The third kappa shape index (κ3) is 1.74. The molecule has 0 aliphatic heterocycles. The van der Waals surface area contributed by atoms with Gasteiger partial charge in [-0.3, -0.25) is 4.68 Å². The lowest BCUT2D eigenvalue weighted by Gasteiger charge is -2.04. The molecule has 2 nitrogen and oxygen atoms in total. The van der Waals surface area contributed by atoms with Crippen molar-refractivity contribution in [2.45, 2.75) is 18.9 Å². The molecule has 0 amide bonds. The van der Waals surface area contributed by atoms with E-state index in [9.17, 15) is 8.78 Å². The van der Waals surface area contributed by atoms with Gasteiger partial charge in [0.1, 0.15) is 0 Å². The maximum atomic E-state index is 13.9. The van der Waals surface area contributed by atoms with Crippen molar-refractivity contribution in [3.8, 4) is 11.1 Å². The Labute approximate surface area is 104 Å². The molecule has 1 saturated carbocycles. The zero-order valence-corrected chi connectivity index (χ0v) is 9.74. The van der Waals surface area contributed by atoms with Crippen LogP contribution in [0.2, 0.25) is 0 Å². The second kappa shape index (κ2) is 4.05. The molecule has 1 fully saturated rings. The van der Waals surface area contributed by atoms with Crippen molar-refractivity contribution >= 4 is 6.08 Å². The first-order chi connectivity index (χ1) is 8.70. The van der Waals surface area contributed by atoms with E-state index in [4.69, 9.17) is 0 Å². The largest absolute Gasteiger partial charge is 0.269 e. The Morgan fingerprint density at radius 3 is 2.72 bits per heavy atom. The van der Waals surface area contributed by atoms with Gasteiger partial charge in [0.2, 0.25) is 0 Å². The van der Waals surface area contributed by atoms with Gasteiger partial charge in [-0.15, -0.1) is 0 Å². The molecule has 0 saturated heterocycles. The van der Waals surface area contributed by atoms with Gasteiger partial charge in [0.15, 0.2) is 11.6 Å². The van der Waals surface area contributed by atoms with Gasteiger partial charge in [0, 0.05) is 22.9 Å². The molecule has 1 heterocycles. The summed E-state index contributed by atoms with van der Waals surface area (Å²) in [6, 6.07) is 3.51. The van der Waals surface area contributed by atoms with Gasteiger partial charge in [-0.25, -0.2) is 8.78 Å². The lowest BCUT2D eigenvalue weighted by molar-refractivity contribution is 0.509. The minimum absolute atomic E-state index is 0.172. The summed E-state index contributed by atoms with van der Waals surface area (Å²) < 4.78 is 29.4. The minimum atomic E-state index is -0.860. The molecule has 1 aliphatic rings. The highest BCUT2D eigenvalue weighted by Crippen LogP contribution is 2.35. The van der Waals surface area contributed by atoms with Crippen LogP contribution in [0, 0.1) is 11.6 Å². The highest BCUT2D eigenvalue weighted by Gasteiger charge is 2.25. The summed E-state index contributed by atoms with van der Waals surface area (Å²) in [5.74, 6) is -1.70. The van der Waals surface area contributed by atoms with Crippen LogP contribution in [0.1, 0.15) is 24.4 Å². The summed E-state index contributed by atoms with van der Waals surface area (Å²) in [6.45, 7) is 3.45. The molecule has 3 rings (SSSR count). The predicted octanol–water partition coefficient (Wildman–Crippen LogP) is 3.81. The number of hydrogen-bond donors (Lipinski definition) is 0. The summed E-state index contributed by atoms with van der Waals surface area (Å²) in [5, 5.41) is 4.18. The SMILES string of the molecule is C=Cc1ccc(-c2cnn(C3CC3)c2)c(F)c1F. The number of hydrogen-bond acceptors (Lipinski definition) is 1.